The number of nitrogens with two attached hydrogens (primary N) is 1. The van der Waals surface area contributed by atoms with Crippen LogP contribution in [-0.2, 0) is 18.0 Å². The molecule has 9 nitrogen and oxygen atoms in total. The number of amides is 1. The van der Waals surface area contributed by atoms with Gasteiger partial charge in [0.2, 0.25) is 5.88 Å². The molecule has 0 unspecified atom stereocenters. The third kappa shape index (κ3) is 6.70. The van der Waals surface area contributed by atoms with Gasteiger partial charge in [0.25, 0.3) is 0 Å². The molecule has 2 heterocycles. The largest absolute Gasteiger partial charge is 0.439 e. The number of ether oxygens (including phenoxy) is 2. The number of halogens is 3. The van der Waals surface area contributed by atoms with Gasteiger partial charge in [0.05, 0.1) is 24.4 Å². The Morgan fingerprint density at radius 3 is 2.62 bits per heavy atom. The summed E-state index contributed by atoms with van der Waals surface area (Å²) in [6.45, 7) is 0.706. The minimum atomic E-state index is -4.80. The van der Waals surface area contributed by atoms with Gasteiger partial charge in [0, 0.05) is 23.7 Å². The topological polar surface area (TPSA) is 128 Å². The molecule has 12 heteroatoms. The van der Waals surface area contributed by atoms with Crippen molar-refractivity contribution >= 4 is 22.8 Å². The number of carbonyl (C=O) groups is 1. The number of alkyl halides is 3. The van der Waals surface area contributed by atoms with Gasteiger partial charge in [-0.15, -0.1) is 0 Å². The van der Waals surface area contributed by atoms with Crippen molar-refractivity contribution < 1.29 is 27.4 Å². The fourth-order valence-electron chi connectivity index (χ4n) is 3.29. The molecule has 4 N–H and O–H groups in total. The molecule has 2 aromatic heterocycles. The highest BCUT2D eigenvalue weighted by Crippen LogP contribution is 2.26. The van der Waals surface area contributed by atoms with E-state index in [9.17, 15) is 18.0 Å². The molecule has 0 aliphatic heterocycles. The number of carbonyl (C=O) groups excluding carboxylic acids is 1. The molecule has 4 aromatic rings. The van der Waals surface area contributed by atoms with E-state index in [1.165, 1.54) is 12.5 Å². The highest BCUT2D eigenvalue weighted by molar-refractivity contribution is 6.05. The van der Waals surface area contributed by atoms with E-state index in [0.717, 1.165) is 10.1 Å². The first-order valence-electron chi connectivity index (χ1n) is 10.8. The van der Waals surface area contributed by atoms with Gasteiger partial charge in [0.1, 0.15) is 23.6 Å². The lowest BCUT2D eigenvalue weighted by Crippen LogP contribution is -2.33. The molecular formula is C25H21F3N6O3. The van der Waals surface area contributed by atoms with E-state index in [2.05, 4.69) is 15.3 Å². The fraction of sp³-hybridized carbons (Fsp3) is 0.120. The maximum absolute atomic E-state index is 12.5. The van der Waals surface area contributed by atoms with Gasteiger partial charge in [-0.25, -0.2) is 14.8 Å². The van der Waals surface area contributed by atoms with Crippen LogP contribution in [0.4, 0.5) is 18.0 Å². The molecule has 0 saturated heterocycles. The maximum Gasteiger partial charge on any atom is 0.430 e. The fourth-order valence-corrected chi connectivity index (χ4v) is 3.29. The molecule has 0 aliphatic rings. The van der Waals surface area contributed by atoms with Gasteiger partial charge in [-0.3, -0.25) is 15.3 Å². The molecule has 0 saturated carbocycles. The standard InChI is InChI=1S/C25H21F3N6O3/c26-25(27,28)21(29)12-22(30)33-24(35)34-9-8-17-10-19(6-7-20(17)34)37-23-11-18(31-15-32-23)14-36-13-16-4-2-1-3-5-16/h1-12,15H,13-14,29H2,(H2,30,33,35)/b21-12-. The van der Waals surface area contributed by atoms with Crippen molar-refractivity contribution in [1.82, 2.24) is 19.9 Å². The van der Waals surface area contributed by atoms with Crippen LogP contribution in [0.5, 0.6) is 11.6 Å². The summed E-state index contributed by atoms with van der Waals surface area (Å²) >= 11 is 0. The molecule has 0 radical (unpaired) electrons. The third-order valence-corrected chi connectivity index (χ3v) is 5.03. The van der Waals surface area contributed by atoms with Crippen LogP contribution in [0, 0.1) is 5.41 Å². The van der Waals surface area contributed by atoms with E-state index < -0.39 is 23.7 Å². The van der Waals surface area contributed by atoms with E-state index in [4.69, 9.17) is 20.6 Å². The van der Waals surface area contributed by atoms with Gasteiger partial charge < -0.3 is 15.2 Å². The average Bonchev–Trinajstić information content (AvgIpc) is 3.28. The molecular weight excluding hydrogens is 489 g/mol. The zero-order valence-corrected chi connectivity index (χ0v) is 19.2. The SMILES string of the molecule is N=C(/C=C(\N)C(F)(F)F)NC(=O)n1ccc2cc(Oc3cc(COCc4ccccc4)ncn3)ccc21. The molecule has 2 aromatic carbocycles. The Balaban J connectivity index is 1.40. The Labute approximate surface area is 208 Å². The number of nitrogens with zero attached hydrogens (tertiary/aromatic N) is 3. The quantitative estimate of drug-likeness (QED) is 0.240. The van der Waals surface area contributed by atoms with Crippen molar-refractivity contribution in [2.45, 2.75) is 19.4 Å². The first kappa shape index (κ1) is 25.4. The average molecular weight is 510 g/mol. The van der Waals surface area contributed by atoms with Gasteiger partial charge in [-0.2, -0.15) is 13.2 Å². The van der Waals surface area contributed by atoms with Crippen LogP contribution in [0.1, 0.15) is 11.3 Å². The number of hydrogen-bond acceptors (Lipinski definition) is 7. The van der Waals surface area contributed by atoms with Crippen LogP contribution in [0.3, 0.4) is 0 Å². The van der Waals surface area contributed by atoms with E-state index in [1.54, 1.807) is 30.3 Å². The molecule has 0 spiro atoms. The van der Waals surface area contributed by atoms with E-state index in [1.807, 2.05) is 30.3 Å². The second kappa shape index (κ2) is 10.9. The first-order chi connectivity index (χ1) is 17.7. The van der Waals surface area contributed by atoms with Crippen molar-refractivity contribution in [3.05, 3.63) is 96.2 Å². The normalized spacial score (nSPS) is 11.9. The van der Waals surface area contributed by atoms with E-state index in [-0.39, 0.29) is 6.61 Å². The lowest BCUT2D eigenvalue weighted by atomic mass is 10.2. The zero-order chi connectivity index (χ0) is 26.4. The predicted octanol–water partition coefficient (Wildman–Crippen LogP) is 4.88. The van der Waals surface area contributed by atoms with Crippen molar-refractivity contribution in [3.8, 4) is 11.6 Å². The minimum Gasteiger partial charge on any atom is -0.439 e. The van der Waals surface area contributed by atoms with Crippen LogP contribution >= 0.6 is 0 Å². The molecule has 0 fully saturated rings. The Bertz CT molecular complexity index is 1450. The number of allylic oxidation sites excluding steroid dienone is 1. The number of hydrogen-bond donors (Lipinski definition) is 3. The summed E-state index contributed by atoms with van der Waals surface area (Å²) < 4.78 is 50.3. The summed E-state index contributed by atoms with van der Waals surface area (Å²) in [6.07, 6.45) is -1.68. The number of benzene rings is 2. The highest BCUT2D eigenvalue weighted by Gasteiger charge is 2.31. The van der Waals surface area contributed by atoms with Gasteiger partial charge in [-0.05, 0) is 29.8 Å². The first-order valence-corrected chi connectivity index (χ1v) is 10.8. The summed E-state index contributed by atoms with van der Waals surface area (Å²) in [6, 6.07) is 17.0. The number of rotatable bonds is 7. The third-order valence-electron chi connectivity index (χ3n) is 5.03. The van der Waals surface area contributed by atoms with Gasteiger partial charge >= 0.3 is 12.2 Å². The molecule has 37 heavy (non-hydrogen) atoms. The Kier molecular flexibility index (Phi) is 7.49. The minimum absolute atomic E-state index is 0.267. The summed E-state index contributed by atoms with van der Waals surface area (Å²) in [4.78, 5) is 20.7. The van der Waals surface area contributed by atoms with Crippen molar-refractivity contribution in [2.75, 3.05) is 0 Å². The summed E-state index contributed by atoms with van der Waals surface area (Å²) in [5, 5.41) is 10.2. The van der Waals surface area contributed by atoms with Crippen LogP contribution in [0.15, 0.2) is 85.0 Å². The molecule has 0 atom stereocenters. The van der Waals surface area contributed by atoms with Crippen molar-refractivity contribution in [1.29, 1.82) is 5.41 Å². The summed E-state index contributed by atoms with van der Waals surface area (Å²) in [7, 11) is 0. The van der Waals surface area contributed by atoms with Crippen molar-refractivity contribution in [3.63, 3.8) is 0 Å². The molecule has 1 amide bonds. The second-order valence-electron chi connectivity index (χ2n) is 7.78. The number of nitrogens with one attached hydrogen (secondary N) is 2. The zero-order valence-electron chi connectivity index (χ0n) is 19.2. The lowest BCUT2D eigenvalue weighted by Gasteiger charge is -2.09. The highest BCUT2D eigenvalue weighted by atomic mass is 19.4. The smallest absolute Gasteiger partial charge is 0.430 e. The Hall–Kier alpha value is -4.71. The summed E-state index contributed by atoms with van der Waals surface area (Å²) in [5.41, 5.74) is 5.51. The van der Waals surface area contributed by atoms with E-state index >= 15 is 0 Å². The van der Waals surface area contributed by atoms with Crippen LogP contribution in [0.25, 0.3) is 10.9 Å². The summed E-state index contributed by atoms with van der Waals surface area (Å²) in [5.74, 6) is -0.0598. The number of fused-ring (bicyclic) bond motifs is 1. The van der Waals surface area contributed by atoms with Crippen LogP contribution in [0.2, 0.25) is 0 Å². The number of aromatic nitrogens is 3. The molecule has 0 bridgehead atoms. The van der Waals surface area contributed by atoms with Gasteiger partial charge in [0.15, 0.2) is 0 Å². The Morgan fingerprint density at radius 2 is 1.86 bits per heavy atom. The van der Waals surface area contributed by atoms with Crippen LogP contribution < -0.4 is 15.8 Å². The molecule has 0 aliphatic carbocycles. The Morgan fingerprint density at radius 1 is 1.08 bits per heavy atom. The molecule has 4 rings (SSSR count). The monoisotopic (exact) mass is 510 g/mol. The van der Waals surface area contributed by atoms with Crippen LogP contribution in [-0.4, -0.2) is 32.6 Å². The van der Waals surface area contributed by atoms with Gasteiger partial charge in [-0.1, -0.05) is 30.3 Å². The van der Waals surface area contributed by atoms with E-state index in [0.29, 0.717) is 40.9 Å². The maximum atomic E-state index is 12.5. The molecule has 190 valence electrons. The van der Waals surface area contributed by atoms with Crippen molar-refractivity contribution in [2.24, 2.45) is 5.73 Å². The lowest BCUT2D eigenvalue weighted by molar-refractivity contribution is -0.0925. The second-order valence-corrected chi connectivity index (χ2v) is 7.78. The predicted molar refractivity (Wildman–Crippen MR) is 129 cm³/mol. The number of amidine groups is 1.